The van der Waals surface area contributed by atoms with Crippen molar-refractivity contribution in [1.82, 2.24) is 0 Å². The lowest BCUT2D eigenvalue weighted by atomic mass is 10.1. The Morgan fingerprint density at radius 1 is 1.40 bits per heavy atom. The molecule has 0 aliphatic carbocycles. The lowest BCUT2D eigenvalue weighted by Crippen LogP contribution is -2.04. The SMILES string of the molecule is Cc1cccc(C(=O)CSCC(C)C)c1. The molecular weight excluding hydrogens is 204 g/mol. The fourth-order valence-electron chi connectivity index (χ4n) is 1.29. The Morgan fingerprint density at radius 3 is 2.73 bits per heavy atom. The number of carbonyl (C=O) groups is 1. The lowest BCUT2D eigenvalue weighted by Gasteiger charge is -2.04. The molecular formula is C13H18OS. The number of hydrogen-bond donors (Lipinski definition) is 0. The number of Topliss-reactive ketones (excluding diaryl/α,β-unsaturated/α-hetero) is 1. The molecule has 1 aromatic rings. The summed E-state index contributed by atoms with van der Waals surface area (Å²) in [7, 11) is 0. The predicted molar refractivity (Wildman–Crippen MR) is 67.7 cm³/mol. The van der Waals surface area contributed by atoms with Crippen LogP contribution in [0.4, 0.5) is 0 Å². The van der Waals surface area contributed by atoms with Gasteiger partial charge in [0.1, 0.15) is 0 Å². The highest BCUT2D eigenvalue weighted by molar-refractivity contribution is 7.99. The quantitative estimate of drug-likeness (QED) is 0.708. The third kappa shape index (κ3) is 4.52. The Bertz CT molecular complexity index is 331. The third-order valence-corrected chi connectivity index (χ3v) is 3.39. The van der Waals surface area contributed by atoms with Gasteiger partial charge in [-0.3, -0.25) is 4.79 Å². The maximum atomic E-state index is 11.8. The second kappa shape index (κ2) is 5.96. The smallest absolute Gasteiger partial charge is 0.172 e. The van der Waals surface area contributed by atoms with E-state index in [9.17, 15) is 4.79 Å². The maximum Gasteiger partial charge on any atom is 0.172 e. The minimum atomic E-state index is 0.240. The van der Waals surface area contributed by atoms with E-state index in [0.29, 0.717) is 11.7 Å². The zero-order valence-corrected chi connectivity index (χ0v) is 10.4. The van der Waals surface area contributed by atoms with Crippen LogP contribution >= 0.6 is 11.8 Å². The van der Waals surface area contributed by atoms with Crippen LogP contribution in [0.25, 0.3) is 0 Å². The van der Waals surface area contributed by atoms with Gasteiger partial charge in [-0.05, 0) is 24.7 Å². The van der Waals surface area contributed by atoms with Gasteiger partial charge in [-0.15, -0.1) is 0 Å². The number of benzene rings is 1. The summed E-state index contributed by atoms with van der Waals surface area (Å²) in [6.07, 6.45) is 0. The van der Waals surface area contributed by atoms with Crippen LogP contribution in [0.3, 0.4) is 0 Å². The number of aryl methyl sites for hydroxylation is 1. The van der Waals surface area contributed by atoms with Crippen molar-refractivity contribution in [3.63, 3.8) is 0 Å². The number of hydrogen-bond acceptors (Lipinski definition) is 2. The molecule has 0 atom stereocenters. The molecule has 15 heavy (non-hydrogen) atoms. The highest BCUT2D eigenvalue weighted by Crippen LogP contribution is 2.12. The molecule has 0 N–H and O–H groups in total. The van der Waals surface area contributed by atoms with Gasteiger partial charge in [0.25, 0.3) is 0 Å². The molecule has 0 fully saturated rings. The fourth-order valence-corrected chi connectivity index (χ4v) is 2.23. The molecule has 0 aliphatic rings. The summed E-state index contributed by atoms with van der Waals surface area (Å²) < 4.78 is 0. The van der Waals surface area contributed by atoms with Gasteiger partial charge in [-0.1, -0.05) is 37.6 Å². The molecule has 82 valence electrons. The monoisotopic (exact) mass is 222 g/mol. The van der Waals surface area contributed by atoms with Crippen LogP contribution in [-0.4, -0.2) is 17.3 Å². The minimum Gasteiger partial charge on any atom is -0.293 e. The van der Waals surface area contributed by atoms with Gasteiger partial charge < -0.3 is 0 Å². The standard InChI is InChI=1S/C13H18OS/c1-10(2)8-15-9-13(14)12-6-4-5-11(3)7-12/h4-7,10H,8-9H2,1-3H3. The molecule has 0 saturated heterocycles. The average Bonchev–Trinajstić information content (AvgIpc) is 2.17. The van der Waals surface area contributed by atoms with Crippen LogP contribution < -0.4 is 0 Å². The van der Waals surface area contributed by atoms with E-state index in [0.717, 1.165) is 16.9 Å². The summed E-state index contributed by atoms with van der Waals surface area (Å²) >= 11 is 1.72. The zero-order valence-electron chi connectivity index (χ0n) is 9.62. The van der Waals surface area contributed by atoms with Crippen molar-refractivity contribution in [2.45, 2.75) is 20.8 Å². The molecule has 0 aromatic heterocycles. The first-order valence-corrected chi connectivity index (χ1v) is 6.42. The zero-order chi connectivity index (χ0) is 11.3. The van der Waals surface area contributed by atoms with Crippen molar-refractivity contribution in [3.05, 3.63) is 35.4 Å². The Balaban J connectivity index is 2.47. The first-order chi connectivity index (χ1) is 7.09. The van der Waals surface area contributed by atoms with Crippen molar-refractivity contribution in [1.29, 1.82) is 0 Å². The predicted octanol–water partition coefficient (Wildman–Crippen LogP) is 3.57. The molecule has 2 heteroatoms. The largest absolute Gasteiger partial charge is 0.293 e. The summed E-state index contributed by atoms with van der Waals surface area (Å²) in [4.78, 5) is 11.8. The van der Waals surface area contributed by atoms with E-state index in [1.807, 2.05) is 31.2 Å². The summed E-state index contributed by atoms with van der Waals surface area (Å²) in [5.41, 5.74) is 1.99. The highest BCUT2D eigenvalue weighted by Gasteiger charge is 2.06. The molecule has 0 heterocycles. The Labute approximate surface area is 96.3 Å². The van der Waals surface area contributed by atoms with Crippen molar-refractivity contribution >= 4 is 17.5 Å². The second-order valence-corrected chi connectivity index (χ2v) is 5.23. The molecule has 1 rings (SSSR count). The van der Waals surface area contributed by atoms with Crippen LogP contribution in [0.5, 0.6) is 0 Å². The van der Waals surface area contributed by atoms with Gasteiger partial charge in [-0.2, -0.15) is 11.8 Å². The van der Waals surface area contributed by atoms with Gasteiger partial charge >= 0.3 is 0 Å². The summed E-state index contributed by atoms with van der Waals surface area (Å²) in [5, 5.41) is 0. The molecule has 1 aromatic carbocycles. The fraction of sp³-hybridized carbons (Fsp3) is 0.462. The van der Waals surface area contributed by atoms with Gasteiger partial charge in [0.05, 0.1) is 5.75 Å². The number of thioether (sulfide) groups is 1. The topological polar surface area (TPSA) is 17.1 Å². The summed E-state index contributed by atoms with van der Waals surface area (Å²) in [5.74, 6) is 2.55. The van der Waals surface area contributed by atoms with Gasteiger partial charge in [0, 0.05) is 5.56 Å². The van der Waals surface area contributed by atoms with E-state index in [2.05, 4.69) is 13.8 Å². The van der Waals surface area contributed by atoms with Gasteiger partial charge in [0.15, 0.2) is 5.78 Å². The Morgan fingerprint density at radius 2 is 2.13 bits per heavy atom. The van der Waals surface area contributed by atoms with E-state index < -0.39 is 0 Å². The summed E-state index contributed by atoms with van der Waals surface area (Å²) in [6, 6.07) is 7.80. The normalized spacial score (nSPS) is 10.7. The molecule has 0 spiro atoms. The van der Waals surface area contributed by atoms with E-state index in [1.165, 1.54) is 0 Å². The lowest BCUT2D eigenvalue weighted by molar-refractivity contribution is 0.102. The van der Waals surface area contributed by atoms with E-state index in [4.69, 9.17) is 0 Å². The first kappa shape index (κ1) is 12.3. The third-order valence-electron chi connectivity index (χ3n) is 2.02. The Hall–Kier alpha value is -0.760. The van der Waals surface area contributed by atoms with Crippen molar-refractivity contribution in [3.8, 4) is 0 Å². The molecule has 0 bridgehead atoms. The first-order valence-electron chi connectivity index (χ1n) is 5.27. The van der Waals surface area contributed by atoms with E-state index in [1.54, 1.807) is 11.8 Å². The molecule has 0 unspecified atom stereocenters. The van der Waals surface area contributed by atoms with Crippen LogP contribution in [0.1, 0.15) is 29.8 Å². The molecule has 0 radical (unpaired) electrons. The molecule has 1 nitrogen and oxygen atoms in total. The van der Waals surface area contributed by atoms with Crippen LogP contribution in [0.15, 0.2) is 24.3 Å². The minimum absolute atomic E-state index is 0.240. The highest BCUT2D eigenvalue weighted by atomic mass is 32.2. The number of carbonyl (C=O) groups excluding carboxylic acids is 1. The number of rotatable bonds is 5. The summed E-state index contributed by atoms with van der Waals surface area (Å²) in [6.45, 7) is 6.35. The van der Waals surface area contributed by atoms with Gasteiger partial charge in [-0.25, -0.2) is 0 Å². The van der Waals surface area contributed by atoms with Crippen molar-refractivity contribution < 1.29 is 4.79 Å². The second-order valence-electron chi connectivity index (χ2n) is 4.20. The molecule has 0 saturated carbocycles. The average molecular weight is 222 g/mol. The molecule has 0 amide bonds. The maximum absolute atomic E-state index is 11.8. The van der Waals surface area contributed by atoms with Crippen LogP contribution in [0, 0.1) is 12.8 Å². The van der Waals surface area contributed by atoms with Gasteiger partial charge in [0.2, 0.25) is 0 Å². The van der Waals surface area contributed by atoms with Crippen LogP contribution in [0.2, 0.25) is 0 Å². The van der Waals surface area contributed by atoms with Crippen molar-refractivity contribution in [2.24, 2.45) is 5.92 Å². The van der Waals surface area contributed by atoms with Crippen LogP contribution in [-0.2, 0) is 0 Å². The van der Waals surface area contributed by atoms with E-state index >= 15 is 0 Å². The van der Waals surface area contributed by atoms with E-state index in [-0.39, 0.29) is 5.78 Å². The van der Waals surface area contributed by atoms with Crippen molar-refractivity contribution in [2.75, 3.05) is 11.5 Å². The molecule has 0 aliphatic heterocycles. The number of ketones is 1. The Kier molecular flexibility index (Phi) is 4.89.